The number of nitrogens with zero attached hydrogens (tertiary/aromatic N) is 4. The summed E-state index contributed by atoms with van der Waals surface area (Å²) in [6.45, 7) is 28.8. The van der Waals surface area contributed by atoms with Gasteiger partial charge in [0.15, 0.2) is 32.0 Å². The van der Waals surface area contributed by atoms with Gasteiger partial charge in [-0.2, -0.15) is 3.95 Å². The zero-order chi connectivity index (χ0) is 103. The molecule has 6 heterocycles. The maximum atomic E-state index is 12.2. The third kappa shape index (κ3) is 62.6. The zero-order valence-corrected chi connectivity index (χ0v) is 83.8. The molecule has 0 radical (unpaired) electrons. The predicted molar refractivity (Wildman–Crippen MR) is 496 cm³/mol. The summed E-state index contributed by atoms with van der Waals surface area (Å²) < 4.78 is 146. The number of cyclic esters (lactones) is 2. The first-order valence-electron chi connectivity index (χ1n) is 44.6. The van der Waals surface area contributed by atoms with Crippen molar-refractivity contribution in [2.45, 2.75) is 204 Å². The number of carbonyl (C=O) groups is 12. The van der Waals surface area contributed by atoms with Gasteiger partial charge in [-0.3, -0.25) is 72.9 Å². The van der Waals surface area contributed by atoms with Gasteiger partial charge in [-0.1, -0.05) is 68.4 Å². The van der Waals surface area contributed by atoms with Gasteiger partial charge >= 0.3 is 66.5 Å². The van der Waals surface area contributed by atoms with Crippen molar-refractivity contribution in [2.75, 3.05) is 125 Å². The molecule has 11 rings (SSSR count). The van der Waals surface area contributed by atoms with E-state index in [0.717, 1.165) is 61.3 Å². The van der Waals surface area contributed by atoms with Gasteiger partial charge in [-0.05, 0) is 214 Å². The summed E-state index contributed by atoms with van der Waals surface area (Å²) in [5, 5.41) is 28.2. The van der Waals surface area contributed by atoms with Crippen LogP contribution in [0.5, 0.6) is 0 Å². The number of ether oxygens (including phenoxy) is 9. The number of hydrogen-bond acceptors (Lipinski definition) is 27. The maximum absolute atomic E-state index is 12.2. The summed E-state index contributed by atoms with van der Waals surface area (Å²) in [5.41, 5.74) is 13.8. The molecule has 7 amide bonds. The van der Waals surface area contributed by atoms with E-state index in [4.69, 9.17) is 69.5 Å². The van der Waals surface area contributed by atoms with Crippen molar-refractivity contribution in [3.05, 3.63) is 177 Å². The number of halogens is 10. The van der Waals surface area contributed by atoms with Gasteiger partial charge in [-0.25, -0.2) is 31.9 Å². The number of aliphatic carboxylic acids is 1. The number of rotatable bonds is 38. The van der Waals surface area contributed by atoms with E-state index in [2.05, 4.69) is 21.7 Å². The van der Waals surface area contributed by atoms with Gasteiger partial charge in [0, 0.05) is 137 Å². The van der Waals surface area contributed by atoms with Crippen LogP contribution >= 0.6 is 0 Å². The van der Waals surface area contributed by atoms with Crippen molar-refractivity contribution < 1.29 is 197 Å². The molecule has 0 aliphatic carbocycles. The number of alkyl halides is 4. The van der Waals surface area contributed by atoms with Crippen LogP contribution in [0.2, 0.25) is 0 Å². The van der Waals surface area contributed by atoms with Crippen LogP contribution in [0.3, 0.4) is 0 Å². The molecule has 5 aromatic carbocycles. The molecule has 0 atom stereocenters. The number of aliphatic hydroxyl groups excluding tert-OH is 1. The first-order chi connectivity index (χ1) is 65.1. The van der Waals surface area contributed by atoms with Crippen LogP contribution in [0.4, 0.5) is 38.3 Å². The average Bonchev–Trinajstić information content (AvgIpc) is 1.65. The summed E-state index contributed by atoms with van der Waals surface area (Å²) in [6.07, 6.45) is 6.38. The zero-order valence-electron chi connectivity index (χ0n) is 81.0. The number of unbranched alkanes of at least 4 members (excludes halogenated alkanes) is 1. The van der Waals surface area contributed by atoms with Crippen LogP contribution in [0, 0.1) is 0 Å². The number of fused-ring (bicyclic) bond motifs is 4. The van der Waals surface area contributed by atoms with Crippen molar-refractivity contribution >= 4 is 90.5 Å². The molecule has 2 saturated heterocycles. The third-order valence-electron chi connectivity index (χ3n) is 17.8. The van der Waals surface area contributed by atoms with Crippen molar-refractivity contribution in [3.8, 4) is 0 Å². The fraction of sp³-hybridized carbons (Fsp3) is 0.543. The molecular formula is C92H139BF10N9NaO25S. The summed E-state index contributed by atoms with van der Waals surface area (Å²) in [5.74, 6) is 2.61. The van der Waals surface area contributed by atoms with Crippen LogP contribution in [-0.4, -0.2) is 270 Å². The molecule has 0 bridgehead atoms. The Morgan fingerprint density at radius 3 is 0.971 bits per heavy atom. The Hall–Kier alpha value is -9.31. The number of carboxylic acids is 2. The number of aliphatic hydroxyl groups is 1. The molecule has 0 unspecified atom stereocenters. The molecule has 0 spiro atoms. The molecule has 782 valence electrons. The average molecular weight is 2030 g/mol. The second-order valence-corrected chi connectivity index (χ2v) is 28.6. The van der Waals surface area contributed by atoms with E-state index in [-0.39, 0.29) is 143 Å². The molecule has 47 heteroatoms. The molecule has 139 heavy (non-hydrogen) atoms. The quantitative estimate of drug-likeness (QED) is 0.00195. The standard InChI is InChI=1S/C16H23NO5.C16H21NO4.C12H11F2NO2.C12H11NO3.C8H19NO2.C8H4O3.C4H10F2NS.C4H9F2N.2C4H8O.C2H4O2.C2H6O.BF3.FH.H4N2.Na.H2O/c1-3-21-14(22-4-2)10-7-11-17-15(18)12-8-5-6-9-13(12)16(19)20;1-3-20-14(21-4-2)10-7-11-17-15(18)12-8-5-6-9-13(12)16(17)19;13-10(14)6-3-7-15-11(16)8-4-1-2-5-9(8)12(15)17;14-8-4-3-7-13-11(15)9-5-1-2-6-10(9)12(13)16;1-3-10-8(11-4-2)6-5-7-9;9-7-5-3-1-2-4-6(5)8(10)11-7;1-3-7(4-2)8(5)6;5-4(6)2-1-3-7;2*1-2-4-5-3-1;1-2(3)4;1-2-3;2-1(3)4;;1-2;;/h5-6,8-9,14H,3-4,7,10-11H2,1-2H3,(H,17,18)(H,19,20);5-6,8-9,14H,3-4,7,10-11H2,1-2H3;1-2,4-5,10H,3,6-7H2;1-2,5-6,8H,3-4,7H2;8H,3-7,9H2,1-2H3;1-4H;3-4H2,1-2H3;4H,1-3,7H2;2*1-4H2;1H3,(H,3,4);3H,2H2,1H3;;1H;1-2H2;;1H2/q;;;;;;+1;;;;;;;;;+1;/p-2. The smallest absolute Gasteiger partial charge is 1.00 e. The first-order valence-corrected chi connectivity index (χ1v) is 45.6. The Kier molecular flexibility index (Phi) is 90.9. The number of nitrogens with two attached hydrogens (primary N) is 4. The summed E-state index contributed by atoms with van der Waals surface area (Å²) in [7, 11) is -3.67. The van der Waals surface area contributed by atoms with Crippen LogP contribution in [0.25, 0.3) is 0 Å². The number of hydrogen-bond donors (Lipinski definition) is 7. The number of hydrazine groups is 1. The SMILES string of the molecule is C1CCOC1.C1CCOC1.CC(=O)[O-].CCO.CCOC(CCCN)OCC.CCOC(CCCN1C(=O)c2ccccc2C1=O)OCC.CCOC(CCCNC(=O)c1ccccc1C(=O)O)OCC.CC[N+](CC)=S(F)F.FB(F)F.NCCCC(F)F.NN.O.O=C1OC(=O)c2ccccc21.O=C1c2ccccc2C(=O)N1CCCC(F)F.O=CCCCN1C(=O)c2ccccc2C1=O.[F-].[Na+]. The Labute approximate surface area is 832 Å². The predicted octanol–water partition coefficient (Wildman–Crippen LogP) is 6.30. The Morgan fingerprint density at radius 1 is 0.482 bits per heavy atom. The van der Waals surface area contributed by atoms with Crippen molar-refractivity contribution in [1.82, 2.24) is 20.0 Å². The Balaban J connectivity index is -0.000000356. The van der Waals surface area contributed by atoms with Gasteiger partial charge in [-0.15, -0.1) is 0 Å². The topological polar surface area (TPSA) is 512 Å². The number of esters is 2. The minimum Gasteiger partial charge on any atom is -1.00 e. The number of carbonyl (C=O) groups excluding carboxylic acids is 11. The monoisotopic (exact) mass is 2030 g/mol. The summed E-state index contributed by atoms with van der Waals surface area (Å²) in [4.78, 5) is 139. The number of aldehydes is 1. The Bertz CT molecular complexity index is 4050. The van der Waals surface area contributed by atoms with Gasteiger partial charge in [0.05, 0.1) is 55.6 Å². The van der Waals surface area contributed by atoms with Crippen LogP contribution in [0.1, 0.15) is 276 Å². The largest absolute Gasteiger partial charge is 1.00 e. The second-order valence-electron chi connectivity index (χ2n) is 27.7. The van der Waals surface area contributed by atoms with Gasteiger partial charge in [0.2, 0.25) is 12.9 Å². The molecule has 0 aromatic heterocycles. The molecule has 0 saturated carbocycles. The normalized spacial score (nSPS) is 12.6. The molecular weight excluding hydrogens is 1890 g/mol. The molecule has 5 aromatic rings. The third-order valence-corrected chi connectivity index (χ3v) is 18.7. The fourth-order valence-electron chi connectivity index (χ4n) is 11.7. The number of aromatic carboxylic acids is 1. The van der Waals surface area contributed by atoms with Crippen LogP contribution in [-0.2, 0) is 63.7 Å². The number of benzene rings is 5. The fourth-order valence-corrected chi connectivity index (χ4v) is 12.1. The molecule has 6 aliphatic heterocycles. The second kappa shape index (κ2) is 90.0. The number of imide groups is 3. The van der Waals surface area contributed by atoms with Crippen molar-refractivity contribution in [3.63, 3.8) is 0 Å². The summed E-state index contributed by atoms with van der Waals surface area (Å²) in [6, 6.07) is 32.9. The van der Waals surface area contributed by atoms with E-state index >= 15 is 0 Å². The van der Waals surface area contributed by atoms with Crippen molar-refractivity contribution in [1.29, 1.82) is 0 Å². The number of nitrogens with one attached hydrogen (secondary N) is 1. The Morgan fingerprint density at radius 2 is 0.734 bits per heavy atom. The van der Waals surface area contributed by atoms with Gasteiger partial charge in [0.25, 0.3) is 41.4 Å². The molecule has 34 nitrogen and oxygen atoms in total. The van der Waals surface area contributed by atoms with E-state index in [1.54, 1.807) is 130 Å². The van der Waals surface area contributed by atoms with Crippen molar-refractivity contribution in [2.24, 2.45) is 23.2 Å². The van der Waals surface area contributed by atoms with Crippen LogP contribution < -0.4 is 67.8 Å². The first kappa shape index (κ1) is 140. The van der Waals surface area contributed by atoms with Crippen LogP contribution in [0.15, 0.2) is 121 Å². The van der Waals surface area contributed by atoms with E-state index in [0.29, 0.717) is 175 Å². The number of carboxylic acid groups (broad SMARTS) is 2. The molecule has 6 aliphatic rings. The van der Waals surface area contributed by atoms with Gasteiger partial charge in [0.1, 0.15) is 6.29 Å². The molecule has 13 N–H and O–H groups in total. The van der Waals surface area contributed by atoms with Gasteiger partial charge < -0.3 is 94.5 Å². The van der Waals surface area contributed by atoms with E-state index < -0.39 is 55.7 Å². The number of amides is 7. The maximum Gasteiger partial charge on any atom is 1.00 e. The van der Waals surface area contributed by atoms with E-state index in [1.807, 2.05) is 41.5 Å². The van der Waals surface area contributed by atoms with E-state index in [1.165, 1.54) is 47.6 Å². The van der Waals surface area contributed by atoms with E-state index in [9.17, 15) is 91.0 Å². The minimum atomic E-state index is -3.67. The molecule has 2 fully saturated rings. The minimum absolute atomic E-state index is 0. The summed E-state index contributed by atoms with van der Waals surface area (Å²) >= 11 is -2.52.